The van der Waals surface area contributed by atoms with Crippen LogP contribution in [0.5, 0.6) is 0 Å². The summed E-state index contributed by atoms with van der Waals surface area (Å²) >= 11 is 0. The lowest BCUT2D eigenvalue weighted by Gasteiger charge is -2.36. The fraction of sp³-hybridized carbons (Fsp3) is 0.357. The molecule has 2 N–H and O–H groups in total. The summed E-state index contributed by atoms with van der Waals surface area (Å²) in [7, 11) is 0. The van der Waals surface area contributed by atoms with E-state index in [4.69, 9.17) is 0 Å². The van der Waals surface area contributed by atoms with Crippen molar-refractivity contribution >= 4 is 28.3 Å². The van der Waals surface area contributed by atoms with Crippen LogP contribution in [0.2, 0.25) is 0 Å². The van der Waals surface area contributed by atoms with Gasteiger partial charge in [-0.05, 0) is 60.5 Å². The maximum Gasteiger partial charge on any atom is 0.251 e. The number of hydrogen-bond donors (Lipinski definition) is 2. The van der Waals surface area contributed by atoms with Gasteiger partial charge in [0.1, 0.15) is 0 Å². The molecule has 4 rings (SSSR count). The molecule has 1 aliphatic heterocycles. The van der Waals surface area contributed by atoms with Gasteiger partial charge in [-0.15, -0.1) is 0 Å². The van der Waals surface area contributed by atoms with Crippen LogP contribution in [-0.4, -0.2) is 62.5 Å². The zero-order valence-electron chi connectivity index (χ0n) is 19.9. The first kappa shape index (κ1) is 23.8. The topological polar surface area (TPSA) is 64.7 Å². The number of carbonyl (C=O) groups is 2. The summed E-state index contributed by atoms with van der Waals surface area (Å²) < 4.78 is 0. The molecule has 3 aromatic carbocycles. The second-order valence-corrected chi connectivity index (χ2v) is 8.94. The highest BCUT2D eigenvalue weighted by molar-refractivity contribution is 5.98. The first-order chi connectivity index (χ1) is 16.6. The molecule has 178 valence electrons. The Bertz CT molecular complexity index is 1120. The van der Waals surface area contributed by atoms with Gasteiger partial charge in [0.15, 0.2) is 0 Å². The smallest absolute Gasteiger partial charge is 0.251 e. The largest absolute Gasteiger partial charge is 0.369 e. The van der Waals surface area contributed by atoms with Crippen molar-refractivity contribution in [1.82, 2.24) is 15.5 Å². The van der Waals surface area contributed by atoms with Crippen molar-refractivity contribution in [3.8, 4) is 0 Å². The summed E-state index contributed by atoms with van der Waals surface area (Å²) in [6.07, 6.45) is 1.22. The van der Waals surface area contributed by atoms with E-state index in [2.05, 4.69) is 51.6 Å². The number of fused-ring (bicyclic) bond motifs is 1. The van der Waals surface area contributed by atoms with Gasteiger partial charge in [0.2, 0.25) is 5.91 Å². The predicted octanol–water partition coefficient (Wildman–Crippen LogP) is 3.60. The third kappa shape index (κ3) is 6.58. The number of piperazine rings is 1. The summed E-state index contributed by atoms with van der Waals surface area (Å²) in [6, 6.07) is 22.3. The number of carbonyl (C=O) groups excluding carboxylic acids is 2. The first-order valence-electron chi connectivity index (χ1n) is 12.2. The number of hydrogen-bond acceptors (Lipinski definition) is 4. The van der Waals surface area contributed by atoms with Crippen LogP contribution in [0.4, 0.5) is 5.69 Å². The Balaban J connectivity index is 1.08. The zero-order chi connectivity index (χ0) is 23.8. The van der Waals surface area contributed by atoms with Crippen LogP contribution < -0.4 is 15.5 Å². The molecule has 3 aromatic rings. The van der Waals surface area contributed by atoms with Gasteiger partial charge in [0.25, 0.3) is 5.91 Å². The fourth-order valence-electron chi connectivity index (χ4n) is 4.40. The molecule has 0 aromatic heterocycles. The molecule has 0 spiro atoms. The molecule has 1 aliphatic rings. The summed E-state index contributed by atoms with van der Waals surface area (Å²) in [5.74, 6) is -0.175. The number of amides is 2. The number of rotatable bonds is 9. The molecule has 0 saturated carbocycles. The van der Waals surface area contributed by atoms with E-state index in [1.807, 2.05) is 42.5 Å². The lowest BCUT2D eigenvalue weighted by Crippen LogP contribution is -2.47. The second kappa shape index (κ2) is 11.7. The van der Waals surface area contributed by atoms with Gasteiger partial charge in [-0.1, -0.05) is 42.5 Å². The molecule has 1 saturated heterocycles. The van der Waals surface area contributed by atoms with E-state index in [0.717, 1.165) is 49.9 Å². The van der Waals surface area contributed by atoms with Crippen LogP contribution in [-0.2, 0) is 4.79 Å². The molecule has 1 heterocycles. The number of aryl methyl sites for hydroxylation is 1. The van der Waals surface area contributed by atoms with E-state index >= 15 is 0 Å². The van der Waals surface area contributed by atoms with Gasteiger partial charge in [-0.25, -0.2) is 0 Å². The molecule has 0 unspecified atom stereocenters. The van der Waals surface area contributed by atoms with Crippen LogP contribution >= 0.6 is 0 Å². The van der Waals surface area contributed by atoms with Gasteiger partial charge < -0.3 is 15.5 Å². The van der Waals surface area contributed by atoms with Crippen LogP contribution in [0.25, 0.3) is 10.8 Å². The van der Waals surface area contributed by atoms with Crippen LogP contribution in [0.1, 0.15) is 28.8 Å². The van der Waals surface area contributed by atoms with E-state index in [1.54, 1.807) is 0 Å². The van der Waals surface area contributed by atoms with Crippen LogP contribution in [0.3, 0.4) is 0 Å². The maximum absolute atomic E-state index is 12.4. The Hall–Kier alpha value is -3.38. The summed E-state index contributed by atoms with van der Waals surface area (Å²) in [5.41, 5.74) is 3.21. The number of benzene rings is 3. The van der Waals surface area contributed by atoms with E-state index in [0.29, 0.717) is 18.7 Å². The quantitative estimate of drug-likeness (QED) is 0.481. The average Bonchev–Trinajstić information content (AvgIpc) is 2.86. The van der Waals surface area contributed by atoms with E-state index < -0.39 is 0 Å². The summed E-state index contributed by atoms with van der Waals surface area (Å²) in [5, 5.41) is 7.95. The van der Waals surface area contributed by atoms with Crippen molar-refractivity contribution in [1.29, 1.82) is 0 Å². The fourth-order valence-corrected chi connectivity index (χ4v) is 4.40. The first-order valence-corrected chi connectivity index (χ1v) is 12.2. The van der Waals surface area contributed by atoms with Gasteiger partial charge in [-0.3, -0.25) is 14.5 Å². The van der Waals surface area contributed by atoms with Gasteiger partial charge in [0, 0.05) is 56.9 Å². The Morgan fingerprint density at radius 3 is 2.41 bits per heavy atom. The van der Waals surface area contributed by atoms with E-state index in [9.17, 15) is 9.59 Å². The van der Waals surface area contributed by atoms with Gasteiger partial charge in [0.05, 0.1) is 0 Å². The molecule has 2 amide bonds. The molecule has 1 fully saturated rings. The van der Waals surface area contributed by atoms with Crippen molar-refractivity contribution in [2.24, 2.45) is 0 Å². The monoisotopic (exact) mass is 458 g/mol. The average molecular weight is 459 g/mol. The highest BCUT2D eigenvalue weighted by Crippen LogP contribution is 2.18. The number of nitrogens with one attached hydrogen (secondary N) is 2. The molecular formula is C28H34N4O2. The molecule has 6 nitrogen and oxygen atoms in total. The Kier molecular flexibility index (Phi) is 8.15. The molecule has 0 bridgehead atoms. The van der Waals surface area contributed by atoms with Crippen molar-refractivity contribution in [3.05, 3.63) is 77.9 Å². The highest BCUT2D eigenvalue weighted by Gasteiger charge is 2.17. The summed E-state index contributed by atoms with van der Waals surface area (Å²) in [4.78, 5) is 29.4. The zero-order valence-corrected chi connectivity index (χ0v) is 19.9. The third-order valence-corrected chi connectivity index (χ3v) is 6.36. The molecule has 0 aliphatic carbocycles. The van der Waals surface area contributed by atoms with Crippen molar-refractivity contribution < 1.29 is 9.59 Å². The van der Waals surface area contributed by atoms with Crippen molar-refractivity contribution in [3.63, 3.8) is 0 Å². The number of anilines is 1. The Morgan fingerprint density at radius 1 is 0.824 bits per heavy atom. The summed E-state index contributed by atoms with van der Waals surface area (Å²) in [6.45, 7) is 8.27. The standard InChI is InChI=1S/C28H34N4O2/c1-22-6-4-9-26(20-22)32-18-16-31(17-19-32)15-5-13-29-27(33)12-14-30-28(34)25-11-10-23-7-2-3-8-24(23)21-25/h2-4,6-11,20-21H,5,12-19H2,1H3,(H,29,33)(H,30,34). The van der Waals surface area contributed by atoms with Gasteiger partial charge in [-0.2, -0.15) is 0 Å². The normalized spacial score (nSPS) is 14.2. The van der Waals surface area contributed by atoms with Gasteiger partial charge >= 0.3 is 0 Å². The molecular weight excluding hydrogens is 424 g/mol. The Morgan fingerprint density at radius 2 is 1.62 bits per heavy atom. The maximum atomic E-state index is 12.4. The van der Waals surface area contributed by atoms with E-state index in [-0.39, 0.29) is 18.2 Å². The van der Waals surface area contributed by atoms with Crippen molar-refractivity contribution in [2.45, 2.75) is 19.8 Å². The predicted molar refractivity (Wildman–Crippen MR) is 138 cm³/mol. The SMILES string of the molecule is Cc1cccc(N2CCN(CCCNC(=O)CCNC(=O)c3ccc4ccccc4c3)CC2)c1. The highest BCUT2D eigenvalue weighted by atomic mass is 16.2. The Labute approximate surface area is 201 Å². The molecule has 6 heteroatoms. The van der Waals surface area contributed by atoms with Crippen LogP contribution in [0.15, 0.2) is 66.7 Å². The van der Waals surface area contributed by atoms with Crippen LogP contribution in [0, 0.1) is 6.92 Å². The minimum atomic E-state index is -0.150. The molecule has 34 heavy (non-hydrogen) atoms. The van der Waals surface area contributed by atoms with Crippen molar-refractivity contribution in [2.75, 3.05) is 50.7 Å². The minimum Gasteiger partial charge on any atom is -0.369 e. The third-order valence-electron chi connectivity index (χ3n) is 6.36. The lowest BCUT2D eigenvalue weighted by molar-refractivity contribution is -0.120. The second-order valence-electron chi connectivity index (χ2n) is 8.94. The number of nitrogens with zero attached hydrogens (tertiary/aromatic N) is 2. The minimum absolute atomic E-state index is 0.0249. The van der Waals surface area contributed by atoms with E-state index in [1.165, 1.54) is 11.3 Å². The molecule has 0 radical (unpaired) electrons. The molecule has 0 atom stereocenters. The lowest BCUT2D eigenvalue weighted by atomic mass is 10.1.